The molecule has 3 rings (SSSR count). The fourth-order valence-corrected chi connectivity index (χ4v) is 3.75. The van der Waals surface area contributed by atoms with Crippen LogP contribution in [0.4, 0.5) is 8.78 Å². The standard InChI is InChI=1S/C22H22F2N4O2S/c1-3-13-28-20(17-7-5-4-6-8-17)25-26-22(28)31-15-19(29)27(2)14-16-9-11-18(12-10-16)30-21(23)24/h3-12,21H,1,13-15H2,2H3. The molecule has 162 valence electrons. The molecule has 9 heteroatoms. The number of thioether (sulfide) groups is 1. The van der Waals surface area contributed by atoms with E-state index in [1.807, 2.05) is 34.9 Å². The van der Waals surface area contributed by atoms with Gasteiger partial charge in [-0.25, -0.2) is 0 Å². The van der Waals surface area contributed by atoms with Crippen molar-refractivity contribution >= 4 is 17.7 Å². The zero-order valence-corrected chi connectivity index (χ0v) is 17.8. The second kappa shape index (κ2) is 10.7. The predicted molar refractivity (Wildman–Crippen MR) is 116 cm³/mol. The Morgan fingerprint density at radius 2 is 1.90 bits per heavy atom. The Kier molecular flexibility index (Phi) is 7.77. The summed E-state index contributed by atoms with van der Waals surface area (Å²) in [5, 5.41) is 9.15. The lowest BCUT2D eigenvalue weighted by atomic mass is 10.2. The number of allylic oxidation sites excluding steroid dienone is 1. The third-order valence-electron chi connectivity index (χ3n) is 4.38. The van der Waals surface area contributed by atoms with E-state index in [0.717, 1.165) is 17.0 Å². The minimum Gasteiger partial charge on any atom is -0.435 e. The van der Waals surface area contributed by atoms with Crippen molar-refractivity contribution in [3.05, 3.63) is 72.8 Å². The van der Waals surface area contributed by atoms with Crippen LogP contribution >= 0.6 is 11.8 Å². The number of rotatable bonds is 10. The van der Waals surface area contributed by atoms with Gasteiger partial charge in [-0.1, -0.05) is 60.3 Å². The van der Waals surface area contributed by atoms with E-state index < -0.39 is 6.61 Å². The molecule has 0 aliphatic rings. The smallest absolute Gasteiger partial charge is 0.387 e. The molecule has 0 fully saturated rings. The minimum atomic E-state index is -2.86. The van der Waals surface area contributed by atoms with Crippen molar-refractivity contribution in [1.82, 2.24) is 19.7 Å². The van der Waals surface area contributed by atoms with E-state index in [1.54, 1.807) is 30.2 Å². The molecule has 1 amide bonds. The number of ether oxygens (including phenoxy) is 1. The van der Waals surface area contributed by atoms with E-state index in [4.69, 9.17) is 0 Å². The van der Waals surface area contributed by atoms with Crippen LogP contribution in [0.5, 0.6) is 5.75 Å². The molecule has 3 aromatic rings. The van der Waals surface area contributed by atoms with Crippen LogP contribution in [0.2, 0.25) is 0 Å². The van der Waals surface area contributed by atoms with Crippen LogP contribution in [0.25, 0.3) is 11.4 Å². The number of hydrogen-bond acceptors (Lipinski definition) is 5. The lowest BCUT2D eigenvalue weighted by molar-refractivity contribution is -0.127. The van der Waals surface area contributed by atoms with Gasteiger partial charge in [0.05, 0.1) is 5.75 Å². The van der Waals surface area contributed by atoms with Crippen LogP contribution < -0.4 is 4.74 Å². The van der Waals surface area contributed by atoms with E-state index >= 15 is 0 Å². The second-order valence-corrected chi connectivity index (χ2v) is 7.57. The minimum absolute atomic E-state index is 0.0825. The Balaban J connectivity index is 1.61. The summed E-state index contributed by atoms with van der Waals surface area (Å²) in [6.45, 7) is 1.80. The average molecular weight is 445 g/mol. The number of halogens is 2. The molecule has 0 N–H and O–H groups in total. The number of carbonyl (C=O) groups is 1. The van der Waals surface area contributed by atoms with Crippen molar-refractivity contribution < 1.29 is 18.3 Å². The Bertz CT molecular complexity index is 1010. The topological polar surface area (TPSA) is 60.2 Å². The first kappa shape index (κ1) is 22.5. The highest BCUT2D eigenvalue weighted by atomic mass is 32.2. The molecule has 0 spiro atoms. The van der Waals surface area contributed by atoms with Crippen molar-refractivity contribution in [3.63, 3.8) is 0 Å². The molecule has 0 radical (unpaired) electrons. The van der Waals surface area contributed by atoms with Crippen LogP contribution in [-0.2, 0) is 17.9 Å². The van der Waals surface area contributed by atoms with Crippen molar-refractivity contribution in [2.45, 2.75) is 24.9 Å². The number of carbonyl (C=O) groups excluding carboxylic acids is 1. The van der Waals surface area contributed by atoms with Crippen LogP contribution in [0.1, 0.15) is 5.56 Å². The first-order valence-electron chi connectivity index (χ1n) is 9.48. The third-order valence-corrected chi connectivity index (χ3v) is 5.33. The number of aromatic nitrogens is 3. The first-order valence-corrected chi connectivity index (χ1v) is 10.5. The van der Waals surface area contributed by atoms with Crippen molar-refractivity contribution in [2.24, 2.45) is 0 Å². The largest absolute Gasteiger partial charge is 0.435 e. The molecule has 31 heavy (non-hydrogen) atoms. The average Bonchev–Trinajstić information content (AvgIpc) is 3.16. The normalized spacial score (nSPS) is 10.8. The summed E-state index contributed by atoms with van der Waals surface area (Å²) in [4.78, 5) is 14.2. The molecule has 2 aromatic carbocycles. The fraction of sp³-hybridized carbons (Fsp3) is 0.227. The van der Waals surface area contributed by atoms with E-state index in [-0.39, 0.29) is 17.4 Å². The summed E-state index contributed by atoms with van der Waals surface area (Å²) >= 11 is 1.31. The van der Waals surface area contributed by atoms with Crippen LogP contribution in [-0.4, -0.2) is 45.0 Å². The summed E-state index contributed by atoms with van der Waals surface area (Å²) < 4.78 is 30.7. The Labute approximate surface area is 183 Å². The number of amides is 1. The van der Waals surface area contributed by atoms with E-state index in [2.05, 4.69) is 21.5 Å². The first-order chi connectivity index (χ1) is 15.0. The molecule has 0 saturated carbocycles. The van der Waals surface area contributed by atoms with E-state index in [9.17, 15) is 13.6 Å². The van der Waals surface area contributed by atoms with Crippen molar-refractivity contribution in [1.29, 1.82) is 0 Å². The molecule has 0 bridgehead atoms. The fourth-order valence-electron chi connectivity index (χ4n) is 2.86. The predicted octanol–water partition coefficient (Wildman–Crippen LogP) is 4.48. The molecule has 0 aliphatic heterocycles. The maximum absolute atomic E-state index is 12.6. The highest BCUT2D eigenvalue weighted by Crippen LogP contribution is 2.24. The van der Waals surface area contributed by atoms with Gasteiger partial charge < -0.3 is 9.64 Å². The quantitative estimate of drug-likeness (QED) is 0.341. The Morgan fingerprint density at radius 3 is 2.55 bits per heavy atom. The van der Waals surface area contributed by atoms with Crippen LogP contribution in [0, 0.1) is 0 Å². The van der Waals surface area contributed by atoms with Gasteiger partial charge in [-0.3, -0.25) is 9.36 Å². The molecule has 1 heterocycles. The molecule has 6 nitrogen and oxygen atoms in total. The maximum atomic E-state index is 12.6. The number of nitrogens with zero attached hydrogens (tertiary/aromatic N) is 4. The molecule has 0 unspecified atom stereocenters. The maximum Gasteiger partial charge on any atom is 0.387 e. The summed E-state index contributed by atoms with van der Waals surface area (Å²) in [6.07, 6.45) is 1.76. The lowest BCUT2D eigenvalue weighted by Gasteiger charge is -2.17. The molecule has 0 saturated heterocycles. The van der Waals surface area contributed by atoms with Gasteiger partial charge in [0.2, 0.25) is 5.91 Å². The van der Waals surface area contributed by atoms with Crippen molar-refractivity contribution in [2.75, 3.05) is 12.8 Å². The summed E-state index contributed by atoms with van der Waals surface area (Å²) in [7, 11) is 1.69. The lowest BCUT2D eigenvalue weighted by Crippen LogP contribution is -2.27. The SMILES string of the molecule is C=CCn1c(SCC(=O)N(C)Cc2ccc(OC(F)F)cc2)nnc1-c1ccccc1. The monoisotopic (exact) mass is 444 g/mol. The second-order valence-electron chi connectivity index (χ2n) is 6.63. The van der Waals surface area contributed by atoms with Gasteiger partial charge in [0.1, 0.15) is 5.75 Å². The molecule has 0 atom stereocenters. The van der Waals surface area contributed by atoms with E-state index in [0.29, 0.717) is 18.2 Å². The molecular formula is C22H22F2N4O2S. The Morgan fingerprint density at radius 1 is 1.19 bits per heavy atom. The summed E-state index contributed by atoms with van der Waals surface area (Å²) in [6, 6.07) is 15.9. The Hall–Kier alpha value is -3.20. The number of benzene rings is 2. The summed E-state index contributed by atoms with van der Waals surface area (Å²) in [5.41, 5.74) is 1.75. The van der Waals surface area contributed by atoms with Gasteiger partial charge in [-0.05, 0) is 17.7 Å². The highest BCUT2D eigenvalue weighted by Gasteiger charge is 2.16. The van der Waals surface area contributed by atoms with Gasteiger partial charge in [0.25, 0.3) is 0 Å². The van der Waals surface area contributed by atoms with Crippen LogP contribution in [0.15, 0.2) is 72.4 Å². The number of hydrogen-bond donors (Lipinski definition) is 0. The van der Waals surface area contributed by atoms with Gasteiger partial charge in [-0.15, -0.1) is 16.8 Å². The van der Waals surface area contributed by atoms with E-state index in [1.165, 1.54) is 23.9 Å². The summed E-state index contributed by atoms with van der Waals surface area (Å²) in [5.74, 6) is 0.897. The molecular weight excluding hydrogens is 422 g/mol. The van der Waals surface area contributed by atoms with Crippen molar-refractivity contribution in [3.8, 4) is 17.1 Å². The van der Waals surface area contributed by atoms with Gasteiger partial charge in [0, 0.05) is 25.7 Å². The zero-order valence-electron chi connectivity index (χ0n) is 16.9. The highest BCUT2D eigenvalue weighted by molar-refractivity contribution is 7.99. The molecule has 1 aromatic heterocycles. The van der Waals surface area contributed by atoms with Crippen LogP contribution in [0.3, 0.4) is 0 Å². The van der Waals surface area contributed by atoms with Gasteiger partial charge >= 0.3 is 6.61 Å². The third kappa shape index (κ3) is 6.14. The van der Waals surface area contributed by atoms with Gasteiger partial charge in [0.15, 0.2) is 11.0 Å². The zero-order chi connectivity index (χ0) is 22.2. The number of alkyl halides is 2. The molecule has 0 aliphatic carbocycles. The van der Waals surface area contributed by atoms with Gasteiger partial charge in [-0.2, -0.15) is 8.78 Å².